The Hall–Kier alpha value is -5.75. The molecule has 2 aromatic rings. The predicted molar refractivity (Wildman–Crippen MR) is 179 cm³/mol. The van der Waals surface area contributed by atoms with Gasteiger partial charge in [-0.3, -0.25) is 14.4 Å². The zero-order chi connectivity index (χ0) is 32.3. The first-order chi connectivity index (χ1) is 21.3. The van der Waals surface area contributed by atoms with E-state index in [1.807, 2.05) is 32.9 Å². The summed E-state index contributed by atoms with van der Waals surface area (Å²) in [6, 6.07) is 6.14. The summed E-state index contributed by atoms with van der Waals surface area (Å²) in [7, 11) is 0. The summed E-state index contributed by atoms with van der Waals surface area (Å²) >= 11 is 0. The molecule has 0 amide bonds. The van der Waals surface area contributed by atoms with E-state index < -0.39 is 34.4 Å². The fourth-order valence-electron chi connectivity index (χ4n) is 3.80. The van der Waals surface area contributed by atoms with Crippen LogP contribution < -0.4 is 0 Å². The second-order valence-electron chi connectivity index (χ2n) is 9.06. The standard InChI is InChI=1S/C38H36O6/c1-4-7-10-13-16-19-31(40)34-30(27-24-28-22-25-29(39)26-23-28)35(32(41)20-17-14-11-8-5-2)38(44)36(37(34)43)33(42)21-18-15-12-9-6-3/h4-27,39,43-44H,1-3H3. The summed E-state index contributed by atoms with van der Waals surface area (Å²) in [6.07, 6.45) is 31.4. The number of phenols is 3. The van der Waals surface area contributed by atoms with Gasteiger partial charge in [0.1, 0.15) is 22.8 Å². The van der Waals surface area contributed by atoms with Gasteiger partial charge in [0.25, 0.3) is 0 Å². The molecule has 0 heterocycles. The van der Waals surface area contributed by atoms with E-state index in [1.165, 1.54) is 48.6 Å². The van der Waals surface area contributed by atoms with Gasteiger partial charge < -0.3 is 15.3 Å². The summed E-state index contributed by atoms with van der Waals surface area (Å²) in [6.45, 7) is 5.51. The Labute approximate surface area is 258 Å². The highest BCUT2D eigenvalue weighted by Crippen LogP contribution is 2.40. The number of carbonyl (C=O) groups is 3. The molecular formula is C38H36O6. The van der Waals surface area contributed by atoms with E-state index in [9.17, 15) is 29.7 Å². The zero-order valence-electron chi connectivity index (χ0n) is 24.9. The Morgan fingerprint density at radius 2 is 0.841 bits per heavy atom. The van der Waals surface area contributed by atoms with Gasteiger partial charge in [-0.1, -0.05) is 115 Å². The third-order valence-electron chi connectivity index (χ3n) is 5.88. The van der Waals surface area contributed by atoms with Gasteiger partial charge in [0.05, 0.1) is 11.1 Å². The van der Waals surface area contributed by atoms with E-state index >= 15 is 0 Å². The summed E-state index contributed by atoms with van der Waals surface area (Å²) in [4.78, 5) is 40.4. The van der Waals surface area contributed by atoms with E-state index in [0.29, 0.717) is 5.56 Å². The van der Waals surface area contributed by atoms with Crippen LogP contribution >= 0.6 is 0 Å². The Morgan fingerprint density at radius 3 is 1.23 bits per heavy atom. The van der Waals surface area contributed by atoms with Crippen molar-refractivity contribution in [3.63, 3.8) is 0 Å². The monoisotopic (exact) mass is 588 g/mol. The highest BCUT2D eigenvalue weighted by molar-refractivity contribution is 6.21. The fourth-order valence-corrected chi connectivity index (χ4v) is 3.80. The summed E-state index contributed by atoms with van der Waals surface area (Å²) < 4.78 is 0. The largest absolute Gasteiger partial charge is 0.508 e. The molecule has 6 heteroatoms. The highest BCUT2D eigenvalue weighted by Gasteiger charge is 2.30. The molecular weight excluding hydrogens is 552 g/mol. The SMILES string of the molecule is CC=CC=CC=CC(=O)c1c(O)c(C(=O)C=CC=CC=CC)c(C=Cc2ccc(O)cc2)c(C(=O)C=CC=CC=CC)c1O. The first-order valence-corrected chi connectivity index (χ1v) is 13.9. The first-order valence-electron chi connectivity index (χ1n) is 13.9. The van der Waals surface area contributed by atoms with Gasteiger partial charge in [0.15, 0.2) is 17.3 Å². The van der Waals surface area contributed by atoms with Gasteiger partial charge in [-0.25, -0.2) is 0 Å². The van der Waals surface area contributed by atoms with Gasteiger partial charge in [0, 0.05) is 5.56 Å². The molecule has 2 aromatic carbocycles. The van der Waals surface area contributed by atoms with Crippen molar-refractivity contribution < 1.29 is 29.7 Å². The molecule has 0 fully saturated rings. The minimum absolute atomic E-state index is 0.0490. The predicted octanol–water partition coefficient (Wildman–Crippen LogP) is 8.59. The van der Waals surface area contributed by atoms with Crippen molar-refractivity contribution in [3.05, 3.63) is 161 Å². The summed E-state index contributed by atoms with van der Waals surface area (Å²) in [5.41, 5.74) is -0.735. The molecule has 0 aliphatic heterocycles. The number of phenolic OH excluding ortho intramolecular Hbond substituents is 3. The normalized spacial score (nSPS) is 13.0. The molecule has 0 atom stereocenters. The van der Waals surface area contributed by atoms with Crippen LogP contribution in [0, 0.1) is 0 Å². The highest BCUT2D eigenvalue weighted by atomic mass is 16.3. The molecule has 0 spiro atoms. The molecule has 0 radical (unpaired) electrons. The number of benzene rings is 2. The molecule has 3 N–H and O–H groups in total. The molecule has 44 heavy (non-hydrogen) atoms. The van der Waals surface area contributed by atoms with Crippen molar-refractivity contribution >= 4 is 29.5 Å². The molecule has 0 unspecified atom stereocenters. The van der Waals surface area contributed by atoms with Crippen LogP contribution in [0.2, 0.25) is 0 Å². The van der Waals surface area contributed by atoms with Crippen LogP contribution in [0.15, 0.2) is 134 Å². The Balaban J connectivity index is 2.91. The lowest BCUT2D eigenvalue weighted by atomic mass is 9.88. The van der Waals surface area contributed by atoms with Gasteiger partial charge in [-0.05, 0) is 56.7 Å². The molecule has 224 valence electrons. The van der Waals surface area contributed by atoms with Crippen molar-refractivity contribution in [3.8, 4) is 17.2 Å². The van der Waals surface area contributed by atoms with Crippen LogP contribution in [-0.4, -0.2) is 32.7 Å². The number of hydrogen-bond acceptors (Lipinski definition) is 6. The van der Waals surface area contributed by atoms with Crippen LogP contribution in [0.1, 0.15) is 63.0 Å². The zero-order valence-corrected chi connectivity index (χ0v) is 24.9. The minimum atomic E-state index is -0.809. The van der Waals surface area contributed by atoms with Crippen molar-refractivity contribution in [2.45, 2.75) is 20.8 Å². The Morgan fingerprint density at radius 1 is 0.477 bits per heavy atom. The van der Waals surface area contributed by atoms with Crippen LogP contribution in [-0.2, 0) is 0 Å². The Bertz CT molecular complexity index is 1560. The minimum Gasteiger partial charge on any atom is -0.508 e. The van der Waals surface area contributed by atoms with E-state index in [0.717, 1.165) is 6.08 Å². The first kappa shape index (κ1) is 34.5. The van der Waals surface area contributed by atoms with Crippen molar-refractivity contribution in [2.75, 3.05) is 0 Å². The van der Waals surface area contributed by atoms with E-state index in [4.69, 9.17) is 0 Å². The van der Waals surface area contributed by atoms with Gasteiger partial charge in [0.2, 0.25) is 0 Å². The van der Waals surface area contributed by atoms with Crippen LogP contribution in [0.4, 0.5) is 0 Å². The van der Waals surface area contributed by atoms with Gasteiger partial charge in [-0.2, -0.15) is 0 Å². The quantitative estimate of drug-likeness (QED) is 0.0882. The summed E-state index contributed by atoms with van der Waals surface area (Å²) in [5.74, 6) is -3.69. The number of ketones is 3. The van der Waals surface area contributed by atoms with Gasteiger partial charge in [-0.15, -0.1) is 0 Å². The summed E-state index contributed by atoms with van der Waals surface area (Å²) in [5, 5.41) is 32.3. The third-order valence-corrected chi connectivity index (χ3v) is 5.88. The topological polar surface area (TPSA) is 112 Å². The maximum absolute atomic E-state index is 13.6. The van der Waals surface area contributed by atoms with E-state index in [-0.39, 0.29) is 22.4 Å². The van der Waals surface area contributed by atoms with Crippen molar-refractivity contribution in [2.24, 2.45) is 0 Å². The van der Waals surface area contributed by atoms with Crippen LogP contribution in [0.5, 0.6) is 17.2 Å². The average molecular weight is 589 g/mol. The van der Waals surface area contributed by atoms with Gasteiger partial charge >= 0.3 is 0 Å². The number of allylic oxidation sites excluding steroid dienone is 18. The molecule has 6 nitrogen and oxygen atoms in total. The fraction of sp³-hybridized carbons (Fsp3) is 0.0789. The lowest BCUT2D eigenvalue weighted by Crippen LogP contribution is -2.11. The number of rotatable bonds is 14. The number of hydrogen-bond donors (Lipinski definition) is 3. The second kappa shape index (κ2) is 18.6. The maximum atomic E-state index is 13.6. The molecule has 0 aromatic heterocycles. The maximum Gasteiger partial charge on any atom is 0.193 e. The third kappa shape index (κ3) is 10.3. The van der Waals surface area contributed by atoms with Crippen LogP contribution in [0.3, 0.4) is 0 Å². The molecule has 2 rings (SSSR count). The van der Waals surface area contributed by atoms with E-state index in [1.54, 1.807) is 79.0 Å². The molecule has 0 aliphatic rings. The number of carbonyl (C=O) groups excluding carboxylic acids is 3. The second-order valence-corrected chi connectivity index (χ2v) is 9.06. The van der Waals surface area contributed by atoms with Crippen molar-refractivity contribution in [1.82, 2.24) is 0 Å². The Kier molecular flexibility index (Phi) is 14.6. The lowest BCUT2D eigenvalue weighted by Gasteiger charge is -2.16. The molecule has 0 saturated carbocycles. The molecule has 0 aliphatic carbocycles. The van der Waals surface area contributed by atoms with Crippen molar-refractivity contribution in [1.29, 1.82) is 0 Å². The lowest BCUT2D eigenvalue weighted by molar-refractivity contribution is 0.104. The molecule has 0 bridgehead atoms. The number of aromatic hydroxyl groups is 3. The average Bonchev–Trinajstić information content (AvgIpc) is 3.00. The van der Waals surface area contributed by atoms with Crippen LogP contribution in [0.25, 0.3) is 12.2 Å². The van der Waals surface area contributed by atoms with E-state index in [2.05, 4.69) is 0 Å². The molecule has 0 saturated heterocycles. The smallest absolute Gasteiger partial charge is 0.193 e.